The monoisotopic (exact) mass is 495 g/mol. The maximum absolute atomic E-state index is 13.9. The minimum atomic E-state index is -0.892. The Kier molecular flexibility index (Phi) is 5.88. The lowest BCUT2D eigenvalue weighted by Crippen LogP contribution is -2.51. The normalized spacial score (nSPS) is 18.9. The van der Waals surface area contributed by atoms with Gasteiger partial charge in [0.15, 0.2) is 11.6 Å². The highest BCUT2D eigenvalue weighted by atomic mass is 19.2. The summed E-state index contributed by atoms with van der Waals surface area (Å²) >= 11 is 0. The van der Waals surface area contributed by atoms with Gasteiger partial charge in [0.2, 0.25) is 5.91 Å². The molecule has 0 radical (unpaired) electrons. The lowest BCUT2D eigenvalue weighted by atomic mass is 9.95. The quantitative estimate of drug-likeness (QED) is 0.541. The zero-order chi connectivity index (χ0) is 24.8. The van der Waals surface area contributed by atoms with Gasteiger partial charge >= 0.3 is 0 Å². The number of aromatic nitrogens is 4. The van der Waals surface area contributed by atoms with Gasteiger partial charge in [-0.15, -0.1) is 0 Å². The Morgan fingerprint density at radius 2 is 1.89 bits per heavy atom. The fourth-order valence-electron chi connectivity index (χ4n) is 5.34. The van der Waals surface area contributed by atoms with Crippen LogP contribution in [0.4, 0.5) is 20.4 Å². The predicted molar refractivity (Wildman–Crippen MR) is 129 cm³/mol. The first kappa shape index (κ1) is 23.0. The molecule has 0 bridgehead atoms. The minimum Gasteiger partial charge on any atom is -0.390 e. The number of rotatable bonds is 6. The molecule has 0 spiro atoms. The van der Waals surface area contributed by atoms with Crippen molar-refractivity contribution in [2.75, 3.05) is 42.9 Å². The standard InChI is InChI=1S/C25H27F2N7O2/c26-19-2-1-16(9-20(19)27)21-13-34(8-7-32-11-17(35)12-32)24(30-21)15-3-5-33(6-4-15)25-18-10-22(36)31-23(18)28-14-29-25/h1-2,9,13-15,17,35H,3-8,10-12H2,(H,28,29,31,36). The van der Waals surface area contributed by atoms with Gasteiger partial charge in [0, 0.05) is 62.5 Å². The Balaban J connectivity index is 1.22. The molecule has 5 heterocycles. The molecule has 9 nitrogen and oxygen atoms in total. The van der Waals surface area contributed by atoms with Crippen molar-refractivity contribution in [2.45, 2.75) is 37.8 Å². The Labute approximate surface area is 206 Å². The maximum Gasteiger partial charge on any atom is 0.230 e. The zero-order valence-corrected chi connectivity index (χ0v) is 19.7. The third-order valence-corrected chi connectivity index (χ3v) is 7.30. The van der Waals surface area contributed by atoms with Crippen LogP contribution in [0.2, 0.25) is 0 Å². The average molecular weight is 496 g/mol. The van der Waals surface area contributed by atoms with Gasteiger partial charge in [0.05, 0.1) is 18.2 Å². The summed E-state index contributed by atoms with van der Waals surface area (Å²) in [5.41, 5.74) is 2.01. The number of hydrogen-bond donors (Lipinski definition) is 2. The van der Waals surface area contributed by atoms with E-state index in [2.05, 4.69) is 29.7 Å². The number of anilines is 2. The number of imidazole rings is 1. The van der Waals surface area contributed by atoms with Crippen molar-refractivity contribution >= 4 is 17.5 Å². The highest BCUT2D eigenvalue weighted by Crippen LogP contribution is 2.35. The summed E-state index contributed by atoms with van der Waals surface area (Å²) in [5, 5.41) is 12.4. The van der Waals surface area contributed by atoms with E-state index in [-0.39, 0.29) is 17.9 Å². The summed E-state index contributed by atoms with van der Waals surface area (Å²) < 4.78 is 29.5. The number of carbonyl (C=O) groups is 1. The molecule has 0 saturated carbocycles. The highest BCUT2D eigenvalue weighted by Gasteiger charge is 2.31. The first-order valence-electron chi connectivity index (χ1n) is 12.3. The SMILES string of the molecule is O=C1Cc2c(ncnc2N2CCC(c3nc(-c4ccc(F)c(F)c4)cn3CCN3CC(O)C3)CC2)N1. The smallest absolute Gasteiger partial charge is 0.230 e. The van der Waals surface area contributed by atoms with Crippen LogP contribution in [0.15, 0.2) is 30.7 Å². The molecule has 11 heteroatoms. The molecule has 1 amide bonds. The second kappa shape index (κ2) is 9.21. The van der Waals surface area contributed by atoms with Crippen LogP contribution in [0.1, 0.15) is 30.1 Å². The van der Waals surface area contributed by atoms with Crippen molar-refractivity contribution in [1.82, 2.24) is 24.4 Å². The molecule has 2 fully saturated rings. The van der Waals surface area contributed by atoms with Gasteiger partial charge in [-0.2, -0.15) is 0 Å². The fraction of sp³-hybridized carbons (Fsp3) is 0.440. The van der Waals surface area contributed by atoms with Crippen LogP contribution < -0.4 is 10.2 Å². The summed E-state index contributed by atoms with van der Waals surface area (Å²) in [7, 11) is 0. The van der Waals surface area contributed by atoms with Crippen LogP contribution >= 0.6 is 0 Å². The number of piperidine rings is 1. The maximum atomic E-state index is 13.9. The fourth-order valence-corrected chi connectivity index (χ4v) is 5.34. The predicted octanol–water partition coefficient (Wildman–Crippen LogP) is 2.17. The molecule has 2 N–H and O–H groups in total. The number of nitrogens with zero attached hydrogens (tertiary/aromatic N) is 6. The number of amides is 1. The second-order valence-electron chi connectivity index (χ2n) is 9.73. The van der Waals surface area contributed by atoms with Gasteiger partial charge in [-0.05, 0) is 31.0 Å². The van der Waals surface area contributed by atoms with E-state index < -0.39 is 11.6 Å². The van der Waals surface area contributed by atoms with Crippen molar-refractivity contribution < 1.29 is 18.7 Å². The van der Waals surface area contributed by atoms with E-state index in [1.165, 1.54) is 12.4 Å². The second-order valence-corrected chi connectivity index (χ2v) is 9.73. The summed E-state index contributed by atoms with van der Waals surface area (Å²) in [5.74, 6) is 0.682. The van der Waals surface area contributed by atoms with Crippen LogP contribution in [0.25, 0.3) is 11.3 Å². The van der Waals surface area contributed by atoms with E-state index >= 15 is 0 Å². The highest BCUT2D eigenvalue weighted by molar-refractivity contribution is 5.99. The topological polar surface area (TPSA) is 99.4 Å². The number of hydrogen-bond acceptors (Lipinski definition) is 7. The number of likely N-dealkylation sites (tertiary alicyclic amines) is 1. The van der Waals surface area contributed by atoms with E-state index in [1.54, 1.807) is 6.07 Å². The van der Waals surface area contributed by atoms with Crippen LogP contribution in [0, 0.1) is 11.6 Å². The van der Waals surface area contributed by atoms with E-state index in [0.717, 1.165) is 55.7 Å². The zero-order valence-electron chi connectivity index (χ0n) is 19.7. The van der Waals surface area contributed by atoms with Crippen molar-refractivity contribution in [3.05, 3.63) is 53.7 Å². The number of nitrogens with one attached hydrogen (secondary N) is 1. The molecule has 3 aliphatic rings. The number of aliphatic hydroxyl groups excluding tert-OH is 1. The number of carbonyl (C=O) groups excluding carboxylic acids is 1. The number of halogens is 2. The molecule has 36 heavy (non-hydrogen) atoms. The third kappa shape index (κ3) is 4.33. The van der Waals surface area contributed by atoms with Crippen LogP contribution in [-0.2, 0) is 17.8 Å². The summed E-state index contributed by atoms with van der Waals surface area (Å²) in [4.78, 5) is 29.8. The molecule has 0 unspecified atom stereocenters. The number of β-amino-alcohol motifs (C(OH)–C–C–N with tert-alkyl or cyclic N) is 1. The van der Waals surface area contributed by atoms with E-state index in [9.17, 15) is 18.7 Å². The molecule has 3 aliphatic heterocycles. The Morgan fingerprint density at radius 1 is 1.08 bits per heavy atom. The van der Waals surface area contributed by atoms with Gasteiger partial charge in [-0.25, -0.2) is 23.7 Å². The van der Waals surface area contributed by atoms with E-state index in [4.69, 9.17) is 4.98 Å². The minimum absolute atomic E-state index is 0.0665. The molecule has 2 aromatic heterocycles. The number of fused-ring (bicyclic) bond motifs is 1. The van der Waals surface area contributed by atoms with Crippen molar-refractivity contribution in [3.8, 4) is 11.3 Å². The van der Waals surface area contributed by atoms with Gasteiger partial charge < -0.3 is 19.9 Å². The molecule has 0 aliphatic carbocycles. The molecule has 3 aromatic rings. The van der Waals surface area contributed by atoms with Crippen molar-refractivity contribution in [2.24, 2.45) is 0 Å². The first-order chi connectivity index (χ1) is 17.4. The van der Waals surface area contributed by atoms with Gasteiger partial charge in [-0.3, -0.25) is 9.69 Å². The molecule has 1 aromatic carbocycles. The van der Waals surface area contributed by atoms with Crippen LogP contribution in [0.5, 0.6) is 0 Å². The van der Waals surface area contributed by atoms with E-state index in [0.29, 0.717) is 43.1 Å². The lowest BCUT2D eigenvalue weighted by Gasteiger charge is -2.36. The molecule has 2 saturated heterocycles. The third-order valence-electron chi connectivity index (χ3n) is 7.30. The number of aliphatic hydroxyl groups is 1. The largest absolute Gasteiger partial charge is 0.390 e. The molecular formula is C25H27F2N7O2. The molecule has 188 valence electrons. The van der Waals surface area contributed by atoms with Gasteiger partial charge in [0.25, 0.3) is 0 Å². The number of benzene rings is 1. The average Bonchev–Trinajstić information content (AvgIpc) is 3.45. The Morgan fingerprint density at radius 3 is 2.64 bits per heavy atom. The lowest BCUT2D eigenvalue weighted by molar-refractivity contribution is -0.115. The van der Waals surface area contributed by atoms with Crippen molar-refractivity contribution in [1.29, 1.82) is 0 Å². The van der Waals surface area contributed by atoms with Gasteiger partial charge in [0.1, 0.15) is 23.8 Å². The first-order valence-corrected chi connectivity index (χ1v) is 12.3. The molecule has 0 atom stereocenters. The van der Waals surface area contributed by atoms with Crippen LogP contribution in [-0.4, -0.2) is 74.3 Å². The summed E-state index contributed by atoms with van der Waals surface area (Å²) in [6.45, 7) is 4.33. The van der Waals surface area contributed by atoms with Gasteiger partial charge in [-0.1, -0.05) is 0 Å². The summed E-state index contributed by atoms with van der Waals surface area (Å²) in [6.07, 6.45) is 5.12. The Hall–Kier alpha value is -3.44. The molecular weight excluding hydrogens is 468 g/mol. The summed E-state index contributed by atoms with van der Waals surface area (Å²) in [6, 6.07) is 3.86. The van der Waals surface area contributed by atoms with Crippen molar-refractivity contribution in [3.63, 3.8) is 0 Å². The van der Waals surface area contributed by atoms with Crippen LogP contribution in [0.3, 0.4) is 0 Å². The van der Waals surface area contributed by atoms with E-state index in [1.807, 2.05) is 6.20 Å². The Bertz CT molecular complexity index is 1300. The molecule has 6 rings (SSSR count).